The van der Waals surface area contributed by atoms with Crippen LogP contribution in [0, 0.1) is 0 Å². The summed E-state index contributed by atoms with van der Waals surface area (Å²) in [6, 6.07) is 0. The molecule has 6 N–H and O–H groups in total. The molecule has 0 aromatic carbocycles. The molecule has 0 bridgehead atoms. The molecule has 0 aliphatic heterocycles. The van der Waals surface area contributed by atoms with Crippen LogP contribution in [0.15, 0.2) is 0 Å². The summed E-state index contributed by atoms with van der Waals surface area (Å²) < 4.78 is 0. The molecule has 0 aromatic rings. The lowest BCUT2D eigenvalue weighted by Gasteiger charge is -2.29. The fourth-order valence-electron chi connectivity index (χ4n) is 3.78. The second kappa shape index (κ2) is 18.7. The Balaban J connectivity index is 3.47. The van der Waals surface area contributed by atoms with Crippen LogP contribution in [0.5, 0.6) is 0 Å². The quantitative estimate of drug-likeness (QED) is 0.247. The molecular weight excluding hydrogens is 306 g/mol. The fraction of sp³-hybridized carbons (Fsp3) is 1.00. The van der Waals surface area contributed by atoms with Crippen molar-refractivity contribution in [3.05, 3.63) is 0 Å². The highest BCUT2D eigenvalue weighted by molar-refractivity contribution is 4.84. The van der Waals surface area contributed by atoms with E-state index >= 15 is 0 Å². The van der Waals surface area contributed by atoms with E-state index in [2.05, 4.69) is 6.92 Å². The van der Waals surface area contributed by atoms with Crippen LogP contribution >= 0.6 is 0 Å². The first-order valence-corrected chi connectivity index (χ1v) is 11.4. The van der Waals surface area contributed by atoms with Gasteiger partial charge in [-0.2, -0.15) is 0 Å². The van der Waals surface area contributed by atoms with Crippen molar-refractivity contribution in [1.29, 1.82) is 0 Å². The van der Waals surface area contributed by atoms with Gasteiger partial charge in [-0.25, -0.2) is 0 Å². The molecule has 0 unspecified atom stereocenters. The average molecular weight is 356 g/mol. The monoisotopic (exact) mass is 355 g/mol. The third kappa shape index (κ3) is 17.1. The van der Waals surface area contributed by atoms with Gasteiger partial charge in [0, 0.05) is 5.54 Å². The summed E-state index contributed by atoms with van der Waals surface area (Å²) in [4.78, 5) is 0. The Morgan fingerprint density at radius 1 is 0.480 bits per heavy atom. The molecule has 0 saturated carbocycles. The number of hydrogen-bond donors (Lipinski definition) is 3. The van der Waals surface area contributed by atoms with Gasteiger partial charge in [0.2, 0.25) is 0 Å². The molecule has 0 saturated heterocycles. The maximum atomic E-state index is 6.60. The maximum absolute atomic E-state index is 6.60. The Bertz CT molecular complexity index is 248. The molecule has 0 atom stereocenters. The molecule has 0 radical (unpaired) electrons. The van der Waals surface area contributed by atoms with Gasteiger partial charge in [0.1, 0.15) is 0 Å². The van der Waals surface area contributed by atoms with E-state index in [0.717, 1.165) is 45.2 Å². The fourth-order valence-corrected chi connectivity index (χ4v) is 3.78. The molecule has 3 heteroatoms. The molecule has 0 heterocycles. The van der Waals surface area contributed by atoms with Gasteiger partial charge in [-0.1, -0.05) is 90.4 Å². The summed E-state index contributed by atoms with van der Waals surface area (Å²) in [7, 11) is 0. The van der Waals surface area contributed by atoms with Crippen molar-refractivity contribution in [3.63, 3.8) is 0 Å². The highest BCUT2D eigenvalue weighted by atomic mass is 14.7. The predicted octanol–water partition coefficient (Wildman–Crippen LogP) is 5.64. The normalized spacial score (nSPS) is 12.0. The highest BCUT2D eigenvalue weighted by Gasteiger charge is 2.22. The van der Waals surface area contributed by atoms with Gasteiger partial charge in [0.05, 0.1) is 0 Å². The molecule has 25 heavy (non-hydrogen) atoms. The van der Waals surface area contributed by atoms with E-state index in [9.17, 15) is 0 Å². The third-order valence-electron chi connectivity index (χ3n) is 5.54. The zero-order valence-electron chi connectivity index (χ0n) is 17.4. The minimum absolute atomic E-state index is 0.0173. The van der Waals surface area contributed by atoms with Crippen LogP contribution in [0.1, 0.15) is 122 Å². The third-order valence-corrected chi connectivity index (χ3v) is 5.54. The van der Waals surface area contributed by atoms with Gasteiger partial charge in [0.25, 0.3) is 0 Å². The summed E-state index contributed by atoms with van der Waals surface area (Å²) in [6.45, 7) is 3.79. The standard InChI is InChI=1S/C22H49N3/c1-2-3-4-5-6-7-8-9-10-11-12-13-14-17-22(25,18-15-20-23)19-16-21-24/h2-21,23-25H2,1H3. The van der Waals surface area contributed by atoms with Gasteiger partial charge >= 0.3 is 0 Å². The van der Waals surface area contributed by atoms with E-state index in [0.29, 0.717) is 0 Å². The molecule has 0 amide bonds. The Kier molecular flexibility index (Phi) is 18.6. The molecule has 0 spiro atoms. The first-order valence-electron chi connectivity index (χ1n) is 11.4. The Morgan fingerprint density at radius 3 is 1.16 bits per heavy atom. The van der Waals surface area contributed by atoms with Gasteiger partial charge in [-0.05, 0) is 45.2 Å². The largest absolute Gasteiger partial charge is 0.330 e. The number of unbranched alkanes of at least 4 members (excludes halogenated alkanes) is 12. The van der Waals surface area contributed by atoms with Crippen molar-refractivity contribution in [1.82, 2.24) is 0 Å². The summed E-state index contributed by atoms with van der Waals surface area (Å²) in [5.41, 5.74) is 17.9. The van der Waals surface area contributed by atoms with Crippen LogP contribution in [-0.4, -0.2) is 18.6 Å². The van der Waals surface area contributed by atoms with Crippen LogP contribution in [0.25, 0.3) is 0 Å². The predicted molar refractivity (Wildman–Crippen MR) is 114 cm³/mol. The van der Waals surface area contributed by atoms with Crippen molar-refractivity contribution in [2.45, 2.75) is 128 Å². The molecule has 0 fully saturated rings. The smallest absolute Gasteiger partial charge is 0.0155 e. The first-order chi connectivity index (χ1) is 12.2. The van der Waals surface area contributed by atoms with E-state index in [1.165, 1.54) is 83.5 Å². The molecule has 0 aromatic heterocycles. The summed E-state index contributed by atoms with van der Waals surface area (Å²) in [6.07, 6.45) is 23.6. The summed E-state index contributed by atoms with van der Waals surface area (Å²) in [5.74, 6) is 0. The van der Waals surface area contributed by atoms with Crippen molar-refractivity contribution in [2.75, 3.05) is 13.1 Å². The second-order valence-corrected chi connectivity index (χ2v) is 8.14. The van der Waals surface area contributed by atoms with Gasteiger partial charge < -0.3 is 17.2 Å². The first kappa shape index (κ1) is 24.9. The summed E-state index contributed by atoms with van der Waals surface area (Å²) >= 11 is 0. The molecule has 0 rings (SSSR count). The molecular formula is C22H49N3. The van der Waals surface area contributed by atoms with Crippen LogP contribution in [0.3, 0.4) is 0 Å². The molecule has 152 valence electrons. The minimum Gasteiger partial charge on any atom is -0.330 e. The van der Waals surface area contributed by atoms with Crippen LogP contribution < -0.4 is 17.2 Å². The SMILES string of the molecule is CCCCCCCCCCCCCCCC(N)(CCCN)CCCN. The Morgan fingerprint density at radius 2 is 0.800 bits per heavy atom. The number of nitrogens with two attached hydrogens (primary N) is 3. The summed E-state index contributed by atoms with van der Waals surface area (Å²) in [5, 5.41) is 0. The average Bonchev–Trinajstić information content (AvgIpc) is 2.62. The lowest BCUT2D eigenvalue weighted by Crippen LogP contribution is -2.40. The maximum Gasteiger partial charge on any atom is 0.0155 e. The van der Waals surface area contributed by atoms with E-state index in [1.807, 2.05) is 0 Å². The topological polar surface area (TPSA) is 78.1 Å². The van der Waals surface area contributed by atoms with Crippen LogP contribution in [0.4, 0.5) is 0 Å². The van der Waals surface area contributed by atoms with E-state index in [1.54, 1.807) is 0 Å². The number of hydrogen-bond acceptors (Lipinski definition) is 3. The van der Waals surface area contributed by atoms with Crippen LogP contribution in [0.2, 0.25) is 0 Å². The minimum atomic E-state index is -0.0173. The Hall–Kier alpha value is -0.120. The van der Waals surface area contributed by atoms with Crippen LogP contribution in [-0.2, 0) is 0 Å². The molecule has 0 aliphatic rings. The zero-order valence-corrected chi connectivity index (χ0v) is 17.4. The zero-order chi connectivity index (χ0) is 18.6. The van der Waals surface area contributed by atoms with Crippen molar-refractivity contribution in [3.8, 4) is 0 Å². The van der Waals surface area contributed by atoms with E-state index in [4.69, 9.17) is 17.2 Å². The number of rotatable bonds is 20. The lowest BCUT2D eigenvalue weighted by atomic mass is 9.84. The second-order valence-electron chi connectivity index (χ2n) is 8.14. The van der Waals surface area contributed by atoms with Crippen molar-refractivity contribution >= 4 is 0 Å². The van der Waals surface area contributed by atoms with Gasteiger partial charge in [-0.3, -0.25) is 0 Å². The van der Waals surface area contributed by atoms with Crippen molar-refractivity contribution in [2.24, 2.45) is 17.2 Å². The van der Waals surface area contributed by atoms with Gasteiger partial charge in [0.15, 0.2) is 0 Å². The highest BCUT2D eigenvalue weighted by Crippen LogP contribution is 2.24. The Labute approximate surface area is 158 Å². The lowest BCUT2D eigenvalue weighted by molar-refractivity contribution is 0.314. The molecule has 0 aliphatic carbocycles. The van der Waals surface area contributed by atoms with Gasteiger partial charge in [-0.15, -0.1) is 0 Å². The van der Waals surface area contributed by atoms with Crippen molar-refractivity contribution < 1.29 is 0 Å². The van der Waals surface area contributed by atoms with E-state index < -0.39 is 0 Å². The van der Waals surface area contributed by atoms with E-state index in [-0.39, 0.29) is 5.54 Å². The molecule has 3 nitrogen and oxygen atoms in total.